The second-order valence-electron chi connectivity index (χ2n) is 3.84. The second kappa shape index (κ2) is 8.66. The van der Waals surface area contributed by atoms with Crippen LogP contribution >= 0.6 is 0 Å². The molecule has 18 heavy (non-hydrogen) atoms. The number of nitrogens with zero attached hydrogens (tertiary/aromatic N) is 2. The lowest BCUT2D eigenvalue weighted by Crippen LogP contribution is -2.24. The maximum atomic E-state index is 10.9. The number of ether oxygens (including phenoxy) is 2. The Morgan fingerprint density at radius 1 is 1.50 bits per heavy atom. The molecule has 1 rings (SSSR count). The number of rotatable bonds is 9. The number of carbonyl (C=O) groups excluding carboxylic acids is 1. The van der Waals surface area contributed by atoms with Gasteiger partial charge in [0.1, 0.15) is 6.61 Å². The molecule has 0 saturated heterocycles. The number of aromatic nitrogens is 2. The van der Waals surface area contributed by atoms with Gasteiger partial charge in [0.25, 0.3) is 0 Å². The Bertz CT molecular complexity index is 352. The summed E-state index contributed by atoms with van der Waals surface area (Å²) in [6.45, 7) is 4.25. The summed E-state index contributed by atoms with van der Waals surface area (Å²) in [7, 11) is 1.90. The van der Waals surface area contributed by atoms with Crippen LogP contribution in [-0.4, -0.2) is 48.7 Å². The number of esters is 1. The van der Waals surface area contributed by atoms with E-state index in [2.05, 4.69) is 10.4 Å². The summed E-state index contributed by atoms with van der Waals surface area (Å²) in [4.78, 5) is 10.9. The summed E-state index contributed by atoms with van der Waals surface area (Å²) in [5.74, 6) is -0.314. The van der Waals surface area contributed by atoms with E-state index in [1.54, 1.807) is 11.6 Å². The quantitative estimate of drug-likeness (QED) is 0.502. The maximum absolute atomic E-state index is 10.9. The third-order valence-electron chi connectivity index (χ3n) is 2.28. The molecule has 0 fully saturated rings. The van der Waals surface area contributed by atoms with Crippen molar-refractivity contribution in [3.8, 4) is 0 Å². The highest BCUT2D eigenvalue weighted by molar-refractivity contribution is 5.70. The Balaban J connectivity index is 1.91. The van der Waals surface area contributed by atoms with Gasteiger partial charge in [0.15, 0.2) is 0 Å². The Morgan fingerprint density at radius 3 is 3.00 bits per heavy atom. The van der Waals surface area contributed by atoms with E-state index in [4.69, 9.17) is 9.47 Å². The van der Waals surface area contributed by atoms with Crippen molar-refractivity contribution in [1.29, 1.82) is 0 Å². The third-order valence-corrected chi connectivity index (χ3v) is 2.28. The SMILES string of the molecule is CCOC(=O)COCCNCCc1ccn(C)n1. The smallest absolute Gasteiger partial charge is 0.332 e. The summed E-state index contributed by atoms with van der Waals surface area (Å²) in [5, 5.41) is 7.50. The molecular formula is C12H21N3O3. The first-order valence-electron chi connectivity index (χ1n) is 6.15. The fourth-order valence-electron chi connectivity index (χ4n) is 1.44. The lowest BCUT2D eigenvalue weighted by molar-refractivity contribution is -0.148. The van der Waals surface area contributed by atoms with Crippen molar-refractivity contribution in [2.75, 3.05) is 32.9 Å². The van der Waals surface area contributed by atoms with Crippen LogP contribution in [0.2, 0.25) is 0 Å². The van der Waals surface area contributed by atoms with Crippen LogP contribution in [0.15, 0.2) is 12.3 Å². The predicted octanol–water partition coefficient (Wildman–Crippen LogP) is 0.132. The van der Waals surface area contributed by atoms with E-state index in [1.807, 2.05) is 19.3 Å². The van der Waals surface area contributed by atoms with Gasteiger partial charge in [-0.25, -0.2) is 4.79 Å². The molecule has 0 saturated carbocycles. The summed E-state index contributed by atoms with van der Waals surface area (Å²) in [6, 6.07) is 2.00. The van der Waals surface area contributed by atoms with Crippen LogP contribution in [0.3, 0.4) is 0 Å². The second-order valence-corrected chi connectivity index (χ2v) is 3.84. The van der Waals surface area contributed by atoms with Crippen molar-refractivity contribution < 1.29 is 14.3 Å². The molecule has 0 unspecified atom stereocenters. The molecule has 0 spiro atoms. The van der Waals surface area contributed by atoms with E-state index in [0.29, 0.717) is 19.8 Å². The largest absolute Gasteiger partial charge is 0.464 e. The van der Waals surface area contributed by atoms with E-state index in [-0.39, 0.29) is 12.6 Å². The van der Waals surface area contributed by atoms with E-state index in [9.17, 15) is 4.79 Å². The van der Waals surface area contributed by atoms with Gasteiger partial charge >= 0.3 is 5.97 Å². The number of aryl methyl sites for hydroxylation is 1. The molecule has 0 radical (unpaired) electrons. The molecule has 102 valence electrons. The molecule has 6 nitrogen and oxygen atoms in total. The van der Waals surface area contributed by atoms with Crippen LogP contribution in [0.5, 0.6) is 0 Å². The average molecular weight is 255 g/mol. The number of hydrogen-bond acceptors (Lipinski definition) is 5. The molecular weight excluding hydrogens is 234 g/mol. The molecule has 1 N–H and O–H groups in total. The van der Waals surface area contributed by atoms with Crippen molar-refractivity contribution in [1.82, 2.24) is 15.1 Å². The highest BCUT2D eigenvalue weighted by atomic mass is 16.6. The van der Waals surface area contributed by atoms with Gasteiger partial charge in [0, 0.05) is 32.8 Å². The van der Waals surface area contributed by atoms with Crippen LogP contribution in [0, 0.1) is 0 Å². The molecule has 0 aromatic carbocycles. The third kappa shape index (κ3) is 6.36. The summed E-state index contributed by atoms with van der Waals surface area (Å²) in [5.41, 5.74) is 1.07. The lowest BCUT2D eigenvalue weighted by Gasteiger charge is -2.05. The van der Waals surface area contributed by atoms with Gasteiger partial charge in [0.2, 0.25) is 0 Å². The van der Waals surface area contributed by atoms with Crippen LogP contribution in [0.1, 0.15) is 12.6 Å². The van der Waals surface area contributed by atoms with E-state index in [0.717, 1.165) is 18.7 Å². The predicted molar refractivity (Wildman–Crippen MR) is 67.2 cm³/mol. The molecule has 1 aromatic heterocycles. The zero-order chi connectivity index (χ0) is 13.2. The van der Waals surface area contributed by atoms with Crippen molar-refractivity contribution in [3.05, 3.63) is 18.0 Å². The zero-order valence-electron chi connectivity index (χ0n) is 11.0. The topological polar surface area (TPSA) is 65.4 Å². The standard InChI is InChI=1S/C12H21N3O3/c1-3-18-12(16)10-17-9-7-13-6-4-11-5-8-15(2)14-11/h5,8,13H,3-4,6-7,9-10H2,1-2H3. The van der Waals surface area contributed by atoms with Gasteiger partial charge in [-0.15, -0.1) is 0 Å². The Kier molecular flexibility index (Phi) is 7.05. The summed E-state index contributed by atoms with van der Waals surface area (Å²) in [6.07, 6.45) is 2.82. The van der Waals surface area contributed by atoms with Crippen molar-refractivity contribution in [3.63, 3.8) is 0 Å². The molecule has 0 bridgehead atoms. The first kappa shape index (κ1) is 14.7. The van der Waals surface area contributed by atoms with Gasteiger partial charge < -0.3 is 14.8 Å². The highest BCUT2D eigenvalue weighted by Crippen LogP contribution is 1.93. The molecule has 1 aromatic rings. The summed E-state index contributed by atoms with van der Waals surface area (Å²) >= 11 is 0. The van der Waals surface area contributed by atoms with Gasteiger partial charge in [0.05, 0.1) is 18.9 Å². The van der Waals surface area contributed by atoms with E-state index < -0.39 is 0 Å². The fourth-order valence-corrected chi connectivity index (χ4v) is 1.44. The molecule has 0 aliphatic carbocycles. The normalized spacial score (nSPS) is 10.6. The Labute approximate surface area is 107 Å². The molecule has 6 heteroatoms. The lowest BCUT2D eigenvalue weighted by atomic mass is 10.3. The number of hydrogen-bond donors (Lipinski definition) is 1. The van der Waals surface area contributed by atoms with Crippen molar-refractivity contribution in [2.45, 2.75) is 13.3 Å². The van der Waals surface area contributed by atoms with Crippen LogP contribution in [-0.2, 0) is 27.7 Å². The molecule has 0 amide bonds. The van der Waals surface area contributed by atoms with Gasteiger partial charge in [-0.05, 0) is 13.0 Å². The van der Waals surface area contributed by atoms with Crippen molar-refractivity contribution >= 4 is 5.97 Å². The van der Waals surface area contributed by atoms with Crippen LogP contribution < -0.4 is 5.32 Å². The van der Waals surface area contributed by atoms with Crippen LogP contribution in [0.4, 0.5) is 0 Å². The molecule has 0 aliphatic rings. The number of nitrogens with one attached hydrogen (secondary N) is 1. The van der Waals surface area contributed by atoms with Gasteiger partial charge in [-0.1, -0.05) is 0 Å². The fraction of sp³-hybridized carbons (Fsp3) is 0.667. The highest BCUT2D eigenvalue weighted by Gasteiger charge is 2.00. The first-order chi connectivity index (χ1) is 8.72. The van der Waals surface area contributed by atoms with Crippen molar-refractivity contribution in [2.24, 2.45) is 7.05 Å². The van der Waals surface area contributed by atoms with Crippen LogP contribution in [0.25, 0.3) is 0 Å². The van der Waals surface area contributed by atoms with Gasteiger partial charge in [-0.3, -0.25) is 4.68 Å². The molecule has 1 heterocycles. The molecule has 0 aliphatic heterocycles. The molecule has 0 atom stereocenters. The maximum Gasteiger partial charge on any atom is 0.332 e. The minimum absolute atomic E-state index is 0.0236. The Morgan fingerprint density at radius 2 is 2.33 bits per heavy atom. The zero-order valence-corrected chi connectivity index (χ0v) is 11.0. The summed E-state index contributed by atoms with van der Waals surface area (Å²) < 4.78 is 11.7. The minimum Gasteiger partial charge on any atom is -0.464 e. The minimum atomic E-state index is -0.314. The van der Waals surface area contributed by atoms with E-state index in [1.165, 1.54) is 0 Å². The Hall–Kier alpha value is -1.40. The monoisotopic (exact) mass is 255 g/mol. The average Bonchev–Trinajstić information content (AvgIpc) is 2.74. The van der Waals surface area contributed by atoms with E-state index >= 15 is 0 Å². The number of carbonyl (C=O) groups is 1. The van der Waals surface area contributed by atoms with Gasteiger partial charge in [-0.2, -0.15) is 5.10 Å². The first-order valence-corrected chi connectivity index (χ1v) is 6.15.